The highest BCUT2D eigenvalue weighted by Crippen LogP contribution is 2.33. The summed E-state index contributed by atoms with van der Waals surface area (Å²) in [5, 5.41) is 16.9. The Kier molecular flexibility index (Phi) is 11.4. The molecule has 4 aromatic carbocycles. The number of hydrogen-bond donors (Lipinski definition) is 4. The van der Waals surface area contributed by atoms with Gasteiger partial charge in [0.1, 0.15) is 23.5 Å². The molecule has 62 heavy (non-hydrogen) atoms. The van der Waals surface area contributed by atoms with Crippen LogP contribution < -0.4 is 20.9 Å². The second kappa shape index (κ2) is 17.2. The van der Waals surface area contributed by atoms with Crippen LogP contribution >= 0.6 is 0 Å². The lowest BCUT2D eigenvalue weighted by Crippen LogP contribution is -2.52. The molecule has 1 aromatic heterocycles. The summed E-state index contributed by atoms with van der Waals surface area (Å²) in [4.78, 5) is 57.2. The summed E-state index contributed by atoms with van der Waals surface area (Å²) in [6.07, 6.45) is 3.91. The van der Waals surface area contributed by atoms with Crippen molar-refractivity contribution in [3.8, 4) is 0 Å². The number of carbonyl (C=O) groups is 4. The molecule has 0 spiro atoms. The summed E-state index contributed by atoms with van der Waals surface area (Å²) in [6, 6.07) is 17.3. The number of nitrogens with one attached hydrogen (secondary N) is 4. The van der Waals surface area contributed by atoms with Crippen LogP contribution in [0.2, 0.25) is 0 Å². The molecule has 4 amide bonds. The van der Waals surface area contributed by atoms with Gasteiger partial charge in [-0.3, -0.25) is 34.5 Å². The number of H-pyrrole nitrogens is 1. The van der Waals surface area contributed by atoms with Crippen LogP contribution in [0, 0.1) is 17.5 Å². The third-order valence-electron chi connectivity index (χ3n) is 12.6. The molecule has 9 rings (SSSR count). The Bertz CT molecular complexity index is 2550. The number of piperidine rings is 2. The molecule has 0 aliphatic carbocycles. The Morgan fingerprint density at radius 1 is 0.903 bits per heavy atom. The molecular weight excluding hydrogens is 802 g/mol. The molecule has 4 aliphatic heterocycles. The van der Waals surface area contributed by atoms with Crippen LogP contribution in [0.1, 0.15) is 81.5 Å². The average molecular weight is 849 g/mol. The lowest BCUT2D eigenvalue weighted by atomic mass is 10.00. The first-order chi connectivity index (χ1) is 29.9. The van der Waals surface area contributed by atoms with E-state index in [0.717, 1.165) is 56.1 Å². The maximum absolute atomic E-state index is 15.5. The maximum Gasteiger partial charge on any atom is 0.258 e. The Labute approximate surface area is 356 Å². The Balaban J connectivity index is 0.866. The summed E-state index contributed by atoms with van der Waals surface area (Å²) >= 11 is 0. The smallest absolute Gasteiger partial charge is 0.258 e. The van der Waals surface area contributed by atoms with Gasteiger partial charge in [0.2, 0.25) is 11.8 Å². The van der Waals surface area contributed by atoms with E-state index >= 15 is 4.39 Å². The highest BCUT2D eigenvalue weighted by Gasteiger charge is 2.40. The predicted octanol–water partition coefficient (Wildman–Crippen LogP) is 6.28. The predicted molar refractivity (Wildman–Crippen MR) is 226 cm³/mol. The fourth-order valence-electron chi connectivity index (χ4n) is 9.22. The van der Waals surface area contributed by atoms with Crippen LogP contribution in [0.15, 0.2) is 66.7 Å². The number of nitrogens with zero attached hydrogens (tertiary/aromatic N) is 4. The van der Waals surface area contributed by atoms with Gasteiger partial charge >= 0.3 is 0 Å². The number of carbonyl (C=O) groups excluding carboxylic acids is 4. The van der Waals surface area contributed by atoms with Gasteiger partial charge in [-0.1, -0.05) is 6.07 Å². The minimum absolute atomic E-state index is 0.115. The van der Waals surface area contributed by atoms with Crippen molar-refractivity contribution in [2.45, 2.75) is 76.2 Å². The second-order valence-electron chi connectivity index (χ2n) is 16.8. The van der Waals surface area contributed by atoms with Crippen LogP contribution in [0.25, 0.3) is 10.9 Å². The van der Waals surface area contributed by atoms with Gasteiger partial charge in [-0.05, 0) is 117 Å². The molecule has 16 heteroatoms. The first kappa shape index (κ1) is 41.1. The molecule has 1 unspecified atom stereocenters. The molecule has 13 nitrogen and oxygen atoms in total. The molecule has 0 radical (unpaired) electrons. The minimum atomic E-state index is -0.762. The van der Waals surface area contributed by atoms with Crippen molar-refractivity contribution >= 4 is 51.7 Å². The number of aromatic nitrogens is 2. The standard InChI is InChI=1S/C46H47F3N8O5/c1-55(24-29-20-28-25-57(46(61)36(28)23-38(29)49)41-6-7-42(58)51-45(41)60)33-8-12-56(13-9-33)34-3-4-35(40(22-34)50-32-10-14-62-15-11-32)44(59)52-43-37-19-26(2-5-39(37)53-54-43)16-27-17-30(47)21-31(48)18-27/h2-5,17-23,32-33,41,50H,6-16,24-25H2,1H3,(H,51,58,60)(H2,52,53,54,59). The summed E-state index contributed by atoms with van der Waals surface area (Å²) in [7, 11) is 1.98. The van der Waals surface area contributed by atoms with Crippen molar-refractivity contribution in [3.63, 3.8) is 0 Å². The fraction of sp³-hybridized carbons (Fsp3) is 0.370. The van der Waals surface area contributed by atoms with Gasteiger partial charge in [-0.25, -0.2) is 13.2 Å². The molecule has 1 atom stereocenters. The van der Waals surface area contributed by atoms with Gasteiger partial charge in [-0.15, -0.1) is 0 Å². The summed E-state index contributed by atoms with van der Waals surface area (Å²) in [5.74, 6) is -3.02. The molecule has 322 valence electrons. The number of fused-ring (bicyclic) bond motifs is 2. The maximum atomic E-state index is 15.5. The molecule has 3 fully saturated rings. The highest BCUT2D eigenvalue weighted by atomic mass is 19.1. The Morgan fingerprint density at radius 3 is 2.44 bits per heavy atom. The van der Waals surface area contributed by atoms with Crippen molar-refractivity contribution in [3.05, 3.63) is 118 Å². The van der Waals surface area contributed by atoms with E-state index in [1.54, 1.807) is 6.07 Å². The highest BCUT2D eigenvalue weighted by molar-refractivity contribution is 6.11. The third-order valence-corrected chi connectivity index (χ3v) is 12.6. The van der Waals surface area contributed by atoms with E-state index in [-0.39, 0.29) is 48.8 Å². The van der Waals surface area contributed by atoms with Crippen LogP contribution in [0.4, 0.5) is 30.4 Å². The van der Waals surface area contributed by atoms with Crippen molar-refractivity contribution in [1.29, 1.82) is 0 Å². The van der Waals surface area contributed by atoms with Crippen molar-refractivity contribution in [2.24, 2.45) is 0 Å². The van der Waals surface area contributed by atoms with Gasteiger partial charge in [0.15, 0.2) is 5.82 Å². The molecule has 4 aliphatic rings. The minimum Gasteiger partial charge on any atom is -0.381 e. The number of benzene rings is 4. The fourth-order valence-corrected chi connectivity index (χ4v) is 9.22. The molecule has 5 heterocycles. The average Bonchev–Trinajstić information content (AvgIpc) is 3.79. The number of anilines is 3. The molecular formula is C46H47F3N8O5. The van der Waals surface area contributed by atoms with E-state index in [0.29, 0.717) is 70.8 Å². The second-order valence-corrected chi connectivity index (χ2v) is 16.8. The van der Waals surface area contributed by atoms with E-state index in [1.807, 2.05) is 43.4 Å². The lowest BCUT2D eigenvalue weighted by molar-refractivity contribution is -0.136. The summed E-state index contributed by atoms with van der Waals surface area (Å²) in [5.41, 5.74) is 5.51. The van der Waals surface area contributed by atoms with Gasteiger partial charge < -0.3 is 25.2 Å². The first-order valence-corrected chi connectivity index (χ1v) is 21.1. The number of halogens is 3. The van der Waals surface area contributed by atoms with E-state index in [4.69, 9.17) is 4.74 Å². The number of ether oxygens (including phenoxy) is 1. The summed E-state index contributed by atoms with van der Waals surface area (Å²) in [6.45, 7) is 3.26. The Hall–Kier alpha value is -6.26. The number of imide groups is 1. The number of hydrogen-bond acceptors (Lipinski definition) is 9. The zero-order valence-corrected chi connectivity index (χ0v) is 34.2. The van der Waals surface area contributed by atoms with E-state index < -0.39 is 35.3 Å². The van der Waals surface area contributed by atoms with Gasteiger partial charge in [0, 0.05) is 91.9 Å². The lowest BCUT2D eigenvalue weighted by Gasteiger charge is -2.38. The molecule has 4 N–H and O–H groups in total. The summed E-state index contributed by atoms with van der Waals surface area (Å²) < 4.78 is 48.9. The van der Waals surface area contributed by atoms with Crippen LogP contribution in [-0.4, -0.2) is 95.1 Å². The van der Waals surface area contributed by atoms with Gasteiger partial charge in [0.25, 0.3) is 11.8 Å². The van der Waals surface area contributed by atoms with E-state index in [9.17, 15) is 28.0 Å². The van der Waals surface area contributed by atoms with E-state index in [2.05, 4.69) is 35.9 Å². The quantitative estimate of drug-likeness (QED) is 0.113. The third kappa shape index (κ3) is 8.61. The normalized spacial score (nSPS) is 18.7. The Morgan fingerprint density at radius 2 is 1.68 bits per heavy atom. The zero-order valence-electron chi connectivity index (χ0n) is 34.2. The van der Waals surface area contributed by atoms with Gasteiger partial charge in [0.05, 0.1) is 11.1 Å². The SMILES string of the molecule is CN(Cc1cc2c(cc1F)C(=O)N(C1CCC(=O)NC1=O)C2)C1CCN(c2ccc(C(=O)Nc3n[nH]c4ccc(Cc5cc(F)cc(F)c5)cc34)c(NC3CCOCC3)c2)CC1. The van der Waals surface area contributed by atoms with Crippen molar-refractivity contribution < 1.29 is 37.1 Å². The van der Waals surface area contributed by atoms with Crippen molar-refractivity contribution in [1.82, 2.24) is 25.3 Å². The molecule has 0 saturated carbocycles. The zero-order chi connectivity index (χ0) is 43.1. The largest absolute Gasteiger partial charge is 0.381 e. The number of amides is 4. The van der Waals surface area contributed by atoms with Crippen LogP contribution in [0.5, 0.6) is 0 Å². The van der Waals surface area contributed by atoms with Crippen LogP contribution in [0.3, 0.4) is 0 Å². The molecule has 0 bridgehead atoms. The van der Waals surface area contributed by atoms with Crippen molar-refractivity contribution in [2.75, 3.05) is 48.9 Å². The number of rotatable bonds is 11. The topological polar surface area (TPSA) is 152 Å². The first-order valence-electron chi connectivity index (χ1n) is 21.1. The monoisotopic (exact) mass is 848 g/mol. The number of aromatic amines is 1. The molecule has 3 saturated heterocycles. The van der Waals surface area contributed by atoms with E-state index in [1.165, 1.54) is 23.1 Å². The van der Waals surface area contributed by atoms with Gasteiger partial charge in [-0.2, -0.15) is 5.10 Å². The van der Waals surface area contributed by atoms with Crippen LogP contribution in [-0.2, 0) is 33.8 Å². The molecule has 5 aromatic rings.